The summed E-state index contributed by atoms with van der Waals surface area (Å²) in [5, 5.41) is 9.37. The van der Waals surface area contributed by atoms with Crippen LogP contribution in [0, 0.1) is 6.92 Å². The molecule has 3 N–H and O–H groups in total. The zero-order chi connectivity index (χ0) is 19.7. The van der Waals surface area contributed by atoms with Crippen molar-refractivity contribution in [2.75, 3.05) is 12.8 Å². The van der Waals surface area contributed by atoms with Gasteiger partial charge in [-0.15, -0.1) is 16.4 Å². The van der Waals surface area contributed by atoms with Gasteiger partial charge in [0.05, 0.1) is 12.0 Å². The molecule has 4 aromatic rings. The maximum Gasteiger partial charge on any atom is 0.251 e. The molecule has 0 atom stereocenters. The maximum atomic E-state index is 12.6. The molecule has 0 saturated carbocycles. The van der Waals surface area contributed by atoms with E-state index in [1.54, 1.807) is 35.1 Å². The Labute approximate surface area is 165 Å². The second-order valence-electron chi connectivity index (χ2n) is 6.30. The van der Waals surface area contributed by atoms with E-state index in [9.17, 15) is 4.79 Å². The van der Waals surface area contributed by atoms with Crippen molar-refractivity contribution in [2.24, 2.45) is 0 Å². The summed E-state index contributed by atoms with van der Waals surface area (Å²) in [4.78, 5) is 18.2. The SMILES string of the molecule is COc1ccccc1CNC(=O)c1cc(N)n2nc(-c3sccc3C)nc2c1. The number of hydrogen-bond acceptors (Lipinski definition) is 6. The lowest BCUT2D eigenvalue weighted by Crippen LogP contribution is -2.23. The number of benzene rings is 1. The first-order chi connectivity index (χ1) is 13.6. The number of carbonyl (C=O) groups excluding carboxylic acids is 1. The van der Waals surface area contributed by atoms with Gasteiger partial charge in [-0.3, -0.25) is 4.79 Å². The van der Waals surface area contributed by atoms with Gasteiger partial charge in [-0.05, 0) is 42.1 Å². The molecule has 0 spiro atoms. The normalized spacial score (nSPS) is 10.9. The first kappa shape index (κ1) is 18.0. The van der Waals surface area contributed by atoms with Crippen LogP contribution in [0.25, 0.3) is 16.3 Å². The molecule has 0 unspecified atom stereocenters. The van der Waals surface area contributed by atoms with Crippen LogP contribution in [0.1, 0.15) is 21.5 Å². The summed E-state index contributed by atoms with van der Waals surface area (Å²) in [6.07, 6.45) is 0. The molecule has 0 radical (unpaired) electrons. The minimum atomic E-state index is -0.239. The van der Waals surface area contributed by atoms with Crippen molar-refractivity contribution in [1.82, 2.24) is 19.9 Å². The van der Waals surface area contributed by atoms with Crippen LogP contribution in [-0.2, 0) is 6.54 Å². The fraction of sp³-hybridized carbons (Fsp3) is 0.150. The minimum Gasteiger partial charge on any atom is -0.496 e. The Balaban J connectivity index is 1.60. The summed E-state index contributed by atoms with van der Waals surface area (Å²) in [6.45, 7) is 2.36. The molecule has 1 aromatic carbocycles. The number of nitrogens with one attached hydrogen (secondary N) is 1. The summed E-state index contributed by atoms with van der Waals surface area (Å²) < 4.78 is 6.86. The third-order valence-electron chi connectivity index (χ3n) is 4.42. The van der Waals surface area contributed by atoms with E-state index >= 15 is 0 Å². The second-order valence-corrected chi connectivity index (χ2v) is 7.22. The van der Waals surface area contributed by atoms with Gasteiger partial charge in [-0.2, -0.15) is 4.52 Å². The number of carbonyl (C=O) groups is 1. The lowest BCUT2D eigenvalue weighted by molar-refractivity contribution is 0.0950. The van der Waals surface area contributed by atoms with Gasteiger partial charge in [0.15, 0.2) is 11.5 Å². The van der Waals surface area contributed by atoms with Crippen molar-refractivity contribution in [3.63, 3.8) is 0 Å². The Kier molecular flexibility index (Phi) is 4.70. The van der Waals surface area contributed by atoms with Crippen molar-refractivity contribution in [3.8, 4) is 16.5 Å². The van der Waals surface area contributed by atoms with Gasteiger partial charge in [-0.1, -0.05) is 18.2 Å². The molecule has 8 heteroatoms. The molecule has 0 aliphatic carbocycles. The standard InChI is InChI=1S/C20H19N5O2S/c1-12-7-8-28-18(12)19-23-17-10-14(9-16(21)25(17)24-19)20(26)22-11-13-5-3-4-6-15(13)27-2/h3-10H,11,21H2,1-2H3,(H,22,26). The Bertz CT molecular complexity index is 1160. The number of aryl methyl sites for hydroxylation is 1. The van der Waals surface area contributed by atoms with E-state index in [1.807, 2.05) is 42.6 Å². The van der Waals surface area contributed by atoms with E-state index in [2.05, 4.69) is 15.4 Å². The van der Waals surface area contributed by atoms with Gasteiger partial charge in [0.1, 0.15) is 11.6 Å². The summed E-state index contributed by atoms with van der Waals surface area (Å²) in [5.41, 5.74) is 9.08. The fourth-order valence-electron chi connectivity index (χ4n) is 2.96. The summed E-state index contributed by atoms with van der Waals surface area (Å²) >= 11 is 1.57. The summed E-state index contributed by atoms with van der Waals surface area (Å²) in [6, 6.07) is 12.9. The number of para-hydroxylation sites is 1. The number of pyridine rings is 1. The number of thiophene rings is 1. The molecule has 0 aliphatic heterocycles. The smallest absolute Gasteiger partial charge is 0.251 e. The number of nitrogen functional groups attached to an aromatic ring is 1. The average molecular weight is 393 g/mol. The van der Waals surface area contributed by atoms with Crippen LogP contribution in [0.4, 0.5) is 5.82 Å². The summed E-state index contributed by atoms with van der Waals surface area (Å²) in [7, 11) is 1.60. The number of ether oxygens (including phenoxy) is 1. The molecule has 0 saturated heterocycles. The van der Waals surface area contributed by atoms with E-state index in [0.29, 0.717) is 29.4 Å². The zero-order valence-corrected chi connectivity index (χ0v) is 16.3. The lowest BCUT2D eigenvalue weighted by atomic mass is 10.2. The summed E-state index contributed by atoms with van der Waals surface area (Å²) in [5.74, 6) is 1.45. The number of nitrogens with zero attached hydrogens (tertiary/aromatic N) is 3. The van der Waals surface area contributed by atoms with E-state index in [-0.39, 0.29) is 5.91 Å². The number of amides is 1. The fourth-order valence-corrected chi connectivity index (χ4v) is 3.82. The van der Waals surface area contributed by atoms with Gasteiger partial charge in [-0.25, -0.2) is 4.98 Å². The number of fused-ring (bicyclic) bond motifs is 1. The molecule has 3 aromatic heterocycles. The predicted octanol–water partition coefficient (Wildman–Crippen LogP) is 3.29. The number of aromatic nitrogens is 3. The Morgan fingerprint density at radius 2 is 2.11 bits per heavy atom. The van der Waals surface area contributed by atoms with Crippen molar-refractivity contribution in [1.29, 1.82) is 0 Å². The lowest BCUT2D eigenvalue weighted by Gasteiger charge is -2.10. The molecule has 1 amide bonds. The second kappa shape index (κ2) is 7.32. The third kappa shape index (κ3) is 3.29. The molecular formula is C20H19N5O2S. The Hall–Kier alpha value is -3.39. The van der Waals surface area contributed by atoms with Crippen LogP contribution in [0.2, 0.25) is 0 Å². The maximum absolute atomic E-state index is 12.6. The van der Waals surface area contributed by atoms with Gasteiger partial charge < -0.3 is 15.8 Å². The van der Waals surface area contributed by atoms with Crippen molar-refractivity contribution < 1.29 is 9.53 Å². The van der Waals surface area contributed by atoms with Crippen LogP contribution in [-0.4, -0.2) is 27.6 Å². The van der Waals surface area contributed by atoms with E-state index < -0.39 is 0 Å². The molecule has 28 heavy (non-hydrogen) atoms. The molecule has 4 rings (SSSR count). The van der Waals surface area contributed by atoms with Crippen molar-refractivity contribution >= 4 is 28.7 Å². The number of nitrogens with two attached hydrogens (primary N) is 1. The number of rotatable bonds is 5. The first-order valence-electron chi connectivity index (χ1n) is 8.67. The van der Waals surface area contributed by atoms with Gasteiger partial charge in [0, 0.05) is 17.7 Å². The van der Waals surface area contributed by atoms with E-state index in [0.717, 1.165) is 21.8 Å². The Morgan fingerprint density at radius 3 is 2.86 bits per heavy atom. The minimum absolute atomic E-state index is 0.239. The van der Waals surface area contributed by atoms with Crippen LogP contribution in [0.3, 0.4) is 0 Å². The highest BCUT2D eigenvalue weighted by Gasteiger charge is 2.15. The molecule has 3 heterocycles. The molecule has 142 valence electrons. The van der Waals surface area contributed by atoms with E-state index in [4.69, 9.17) is 10.5 Å². The number of methoxy groups -OCH3 is 1. The largest absolute Gasteiger partial charge is 0.496 e. The predicted molar refractivity (Wildman–Crippen MR) is 110 cm³/mol. The molecule has 0 aliphatic rings. The first-order valence-corrected chi connectivity index (χ1v) is 9.55. The molecule has 0 fully saturated rings. The number of anilines is 1. The quantitative estimate of drug-likeness (QED) is 0.543. The van der Waals surface area contributed by atoms with Crippen molar-refractivity contribution in [2.45, 2.75) is 13.5 Å². The van der Waals surface area contributed by atoms with Crippen LogP contribution in [0.5, 0.6) is 5.75 Å². The van der Waals surface area contributed by atoms with Gasteiger partial charge in [0.25, 0.3) is 5.91 Å². The third-order valence-corrected chi connectivity index (χ3v) is 5.44. The van der Waals surface area contributed by atoms with Crippen LogP contribution >= 0.6 is 11.3 Å². The van der Waals surface area contributed by atoms with Gasteiger partial charge >= 0.3 is 0 Å². The number of hydrogen-bond donors (Lipinski definition) is 2. The van der Waals surface area contributed by atoms with Crippen molar-refractivity contribution in [3.05, 3.63) is 64.5 Å². The zero-order valence-electron chi connectivity index (χ0n) is 15.5. The molecular weight excluding hydrogens is 374 g/mol. The highest BCUT2D eigenvalue weighted by molar-refractivity contribution is 7.13. The van der Waals surface area contributed by atoms with Gasteiger partial charge in [0.2, 0.25) is 0 Å². The highest BCUT2D eigenvalue weighted by Crippen LogP contribution is 2.27. The average Bonchev–Trinajstić information content (AvgIpc) is 3.32. The Morgan fingerprint density at radius 1 is 1.29 bits per heavy atom. The topological polar surface area (TPSA) is 94.5 Å². The molecule has 0 bridgehead atoms. The monoisotopic (exact) mass is 393 g/mol. The molecule has 7 nitrogen and oxygen atoms in total. The van der Waals surface area contributed by atoms with Crippen LogP contribution < -0.4 is 15.8 Å². The van der Waals surface area contributed by atoms with E-state index in [1.165, 1.54) is 0 Å². The highest BCUT2D eigenvalue weighted by atomic mass is 32.1. The van der Waals surface area contributed by atoms with Crippen LogP contribution in [0.15, 0.2) is 47.8 Å².